The number of rotatable bonds is 5. The number of amides is 1. The summed E-state index contributed by atoms with van der Waals surface area (Å²) in [5.74, 6) is 1.31. The fourth-order valence-electron chi connectivity index (χ4n) is 3.07. The second-order valence-corrected chi connectivity index (χ2v) is 7.47. The SMILES string of the molecule is O=C(c1cc(NCC2(O)CCSC2)ccc1[N+](=O)[O-])N1CCCC1. The van der Waals surface area contributed by atoms with Gasteiger partial charge in [0.15, 0.2) is 0 Å². The molecule has 1 unspecified atom stereocenters. The average Bonchev–Trinajstić information content (AvgIpc) is 3.24. The van der Waals surface area contributed by atoms with E-state index in [4.69, 9.17) is 0 Å². The summed E-state index contributed by atoms with van der Waals surface area (Å²) in [5, 5.41) is 24.7. The van der Waals surface area contributed by atoms with Gasteiger partial charge < -0.3 is 15.3 Å². The summed E-state index contributed by atoms with van der Waals surface area (Å²) in [6.45, 7) is 1.66. The topological polar surface area (TPSA) is 95.7 Å². The van der Waals surface area contributed by atoms with Gasteiger partial charge in [0, 0.05) is 37.1 Å². The number of hydrogen-bond donors (Lipinski definition) is 2. The van der Waals surface area contributed by atoms with Crippen molar-refractivity contribution in [2.24, 2.45) is 0 Å². The average molecular weight is 351 g/mol. The molecule has 0 saturated carbocycles. The Labute approximate surface area is 144 Å². The summed E-state index contributed by atoms with van der Waals surface area (Å²) in [6.07, 6.45) is 2.58. The van der Waals surface area contributed by atoms with Gasteiger partial charge in [-0.05, 0) is 37.1 Å². The van der Waals surface area contributed by atoms with E-state index in [-0.39, 0.29) is 17.2 Å². The highest BCUT2D eigenvalue weighted by Gasteiger charge is 2.32. The summed E-state index contributed by atoms with van der Waals surface area (Å²) >= 11 is 1.71. The van der Waals surface area contributed by atoms with Crippen LogP contribution in [0.4, 0.5) is 11.4 Å². The van der Waals surface area contributed by atoms with Crippen LogP contribution in [0.15, 0.2) is 18.2 Å². The van der Waals surface area contributed by atoms with Crippen LogP contribution in [0.1, 0.15) is 29.6 Å². The van der Waals surface area contributed by atoms with Crippen LogP contribution in [-0.2, 0) is 0 Å². The molecule has 3 rings (SSSR count). The van der Waals surface area contributed by atoms with E-state index in [9.17, 15) is 20.0 Å². The molecule has 0 aliphatic carbocycles. The molecule has 130 valence electrons. The number of nitro groups is 1. The van der Waals surface area contributed by atoms with E-state index in [1.165, 1.54) is 12.1 Å². The van der Waals surface area contributed by atoms with Gasteiger partial charge in [-0.2, -0.15) is 11.8 Å². The summed E-state index contributed by atoms with van der Waals surface area (Å²) in [5.41, 5.74) is -0.202. The molecule has 24 heavy (non-hydrogen) atoms. The molecular formula is C16H21N3O4S. The zero-order valence-corrected chi connectivity index (χ0v) is 14.2. The van der Waals surface area contributed by atoms with Crippen molar-refractivity contribution in [3.05, 3.63) is 33.9 Å². The van der Waals surface area contributed by atoms with Gasteiger partial charge >= 0.3 is 0 Å². The van der Waals surface area contributed by atoms with Gasteiger partial charge in [-0.25, -0.2) is 0 Å². The maximum atomic E-state index is 12.6. The van der Waals surface area contributed by atoms with Crippen LogP contribution in [0.3, 0.4) is 0 Å². The van der Waals surface area contributed by atoms with Crippen molar-refractivity contribution in [3.8, 4) is 0 Å². The van der Waals surface area contributed by atoms with Crippen molar-refractivity contribution in [1.29, 1.82) is 0 Å². The molecule has 1 aromatic carbocycles. The lowest BCUT2D eigenvalue weighted by atomic mass is 10.0. The highest BCUT2D eigenvalue weighted by Crippen LogP contribution is 2.29. The van der Waals surface area contributed by atoms with Crippen LogP contribution in [0, 0.1) is 10.1 Å². The Hall–Kier alpha value is -1.80. The molecule has 0 radical (unpaired) electrons. The molecule has 2 fully saturated rings. The number of carbonyl (C=O) groups is 1. The molecule has 1 amide bonds. The van der Waals surface area contributed by atoms with Crippen LogP contribution in [0.5, 0.6) is 0 Å². The minimum atomic E-state index is -0.758. The first-order valence-electron chi connectivity index (χ1n) is 8.10. The smallest absolute Gasteiger partial charge is 0.282 e. The predicted octanol–water partition coefficient (Wildman–Crippen LogP) is 2.11. The van der Waals surface area contributed by atoms with Crippen LogP contribution in [0.25, 0.3) is 0 Å². The fraction of sp³-hybridized carbons (Fsp3) is 0.562. The molecule has 2 aliphatic heterocycles. The number of aliphatic hydroxyl groups is 1. The lowest BCUT2D eigenvalue weighted by Gasteiger charge is -2.22. The lowest BCUT2D eigenvalue weighted by Crippen LogP contribution is -2.36. The molecule has 2 N–H and O–H groups in total. The minimum Gasteiger partial charge on any atom is -0.387 e. The molecule has 0 aromatic heterocycles. The maximum absolute atomic E-state index is 12.6. The zero-order chi connectivity index (χ0) is 17.2. The van der Waals surface area contributed by atoms with Crippen LogP contribution in [0.2, 0.25) is 0 Å². The van der Waals surface area contributed by atoms with Crippen molar-refractivity contribution in [3.63, 3.8) is 0 Å². The highest BCUT2D eigenvalue weighted by molar-refractivity contribution is 7.99. The molecule has 0 spiro atoms. The molecule has 0 bridgehead atoms. The molecule has 2 saturated heterocycles. The summed E-state index contributed by atoms with van der Waals surface area (Å²) in [6, 6.07) is 4.48. The number of anilines is 1. The first-order chi connectivity index (χ1) is 11.5. The fourth-order valence-corrected chi connectivity index (χ4v) is 4.36. The van der Waals surface area contributed by atoms with Gasteiger partial charge in [0.2, 0.25) is 0 Å². The van der Waals surface area contributed by atoms with Crippen LogP contribution >= 0.6 is 11.8 Å². The van der Waals surface area contributed by atoms with Gasteiger partial charge in [0.25, 0.3) is 11.6 Å². The van der Waals surface area contributed by atoms with E-state index >= 15 is 0 Å². The number of nitrogens with one attached hydrogen (secondary N) is 1. The number of nitro benzene ring substituents is 1. The first-order valence-corrected chi connectivity index (χ1v) is 9.26. The Balaban J connectivity index is 1.79. The summed E-state index contributed by atoms with van der Waals surface area (Å²) in [4.78, 5) is 25.0. The van der Waals surface area contributed by atoms with E-state index in [0.717, 1.165) is 25.0 Å². The maximum Gasteiger partial charge on any atom is 0.282 e. The van der Waals surface area contributed by atoms with Gasteiger partial charge in [-0.3, -0.25) is 14.9 Å². The predicted molar refractivity (Wildman–Crippen MR) is 93.6 cm³/mol. The van der Waals surface area contributed by atoms with E-state index in [2.05, 4.69) is 5.32 Å². The standard InChI is InChI=1S/C16H21N3O4S/c20-15(18-6-1-2-7-18)13-9-12(3-4-14(13)19(22)23)17-10-16(21)5-8-24-11-16/h3-4,9,17,21H,1-2,5-8,10-11H2. The number of likely N-dealkylation sites (tertiary alicyclic amines) is 1. The third kappa shape index (κ3) is 3.64. The van der Waals surface area contributed by atoms with E-state index in [0.29, 0.717) is 31.1 Å². The van der Waals surface area contributed by atoms with Crippen molar-refractivity contribution in [2.75, 3.05) is 36.5 Å². The Kier molecular flexibility index (Phi) is 4.96. The molecule has 8 heteroatoms. The first kappa shape index (κ1) is 17.0. The van der Waals surface area contributed by atoms with Gasteiger partial charge in [-0.15, -0.1) is 0 Å². The van der Waals surface area contributed by atoms with Crippen molar-refractivity contribution < 1.29 is 14.8 Å². The number of nitrogens with zero attached hydrogens (tertiary/aromatic N) is 2. The van der Waals surface area contributed by atoms with Crippen molar-refractivity contribution in [1.82, 2.24) is 4.90 Å². The Bertz CT molecular complexity index is 640. The normalized spacial score (nSPS) is 23.5. The summed E-state index contributed by atoms with van der Waals surface area (Å²) in [7, 11) is 0. The van der Waals surface area contributed by atoms with E-state index < -0.39 is 10.5 Å². The monoisotopic (exact) mass is 351 g/mol. The summed E-state index contributed by atoms with van der Waals surface area (Å²) < 4.78 is 0. The highest BCUT2D eigenvalue weighted by atomic mass is 32.2. The second kappa shape index (κ2) is 6.98. The van der Waals surface area contributed by atoms with Crippen molar-refractivity contribution >= 4 is 29.0 Å². The Morgan fingerprint density at radius 2 is 2.17 bits per heavy atom. The minimum absolute atomic E-state index is 0.111. The van der Waals surface area contributed by atoms with Gasteiger partial charge in [0.05, 0.1) is 10.5 Å². The molecule has 2 heterocycles. The Morgan fingerprint density at radius 3 is 2.79 bits per heavy atom. The number of hydrogen-bond acceptors (Lipinski definition) is 6. The number of carbonyl (C=O) groups excluding carboxylic acids is 1. The van der Waals surface area contributed by atoms with Gasteiger partial charge in [0.1, 0.15) is 5.56 Å². The van der Waals surface area contributed by atoms with Crippen LogP contribution < -0.4 is 5.32 Å². The molecule has 2 aliphatic rings. The molecule has 7 nitrogen and oxygen atoms in total. The third-order valence-electron chi connectivity index (χ3n) is 4.52. The second-order valence-electron chi connectivity index (χ2n) is 6.37. The quantitative estimate of drug-likeness (QED) is 0.623. The van der Waals surface area contributed by atoms with Crippen LogP contribution in [-0.4, -0.2) is 57.6 Å². The number of thioether (sulfide) groups is 1. The van der Waals surface area contributed by atoms with Crippen molar-refractivity contribution in [2.45, 2.75) is 24.9 Å². The van der Waals surface area contributed by atoms with E-state index in [1.54, 1.807) is 22.7 Å². The molecular weight excluding hydrogens is 330 g/mol. The van der Waals surface area contributed by atoms with Gasteiger partial charge in [-0.1, -0.05) is 0 Å². The Morgan fingerprint density at radius 1 is 1.42 bits per heavy atom. The zero-order valence-electron chi connectivity index (χ0n) is 13.4. The lowest BCUT2D eigenvalue weighted by molar-refractivity contribution is -0.385. The van der Waals surface area contributed by atoms with E-state index in [1.807, 2.05) is 0 Å². The number of benzene rings is 1. The molecule has 1 aromatic rings. The largest absolute Gasteiger partial charge is 0.387 e. The molecule has 1 atom stereocenters. The third-order valence-corrected chi connectivity index (χ3v) is 5.76.